The second-order valence-electron chi connectivity index (χ2n) is 2.88. The largest absolute Gasteiger partial charge is 0.289 e. The third-order valence-corrected chi connectivity index (χ3v) is 2.03. The molecule has 0 aliphatic heterocycles. The van der Waals surface area contributed by atoms with Crippen molar-refractivity contribution in [3.8, 4) is 0 Å². The van der Waals surface area contributed by atoms with Gasteiger partial charge in [-0.05, 0) is 18.6 Å². The van der Waals surface area contributed by atoms with E-state index >= 15 is 0 Å². The minimum atomic E-state index is -0.581. The molecule has 0 aliphatic carbocycles. The van der Waals surface area contributed by atoms with Crippen LogP contribution in [-0.2, 0) is 0 Å². The van der Waals surface area contributed by atoms with E-state index in [1.807, 2.05) is 0 Å². The highest BCUT2D eigenvalue weighted by Gasteiger charge is 2.19. The summed E-state index contributed by atoms with van der Waals surface area (Å²) in [6.45, 7) is 1.64. The fourth-order valence-electron chi connectivity index (χ4n) is 1.27. The van der Waals surface area contributed by atoms with E-state index in [0.29, 0.717) is 5.56 Å². The maximum Gasteiger partial charge on any atom is 0.280 e. The molecule has 0 amide bonds. The number of hydrogen-bond donors (Lipinski definition) is 0. The Balaban J connectivity index is 3.37. The van der Waals surface area contributed by atoms with Gasteiger partial charge in [0.2, 0.25) is 0 Å². The van der Waals surface area contributed by atoms with E-state index in [-0.39, 0.29) is 11.3 Å². The highest BCUT2D eigenvalue weighted by molar-refractivity contribution is 6.27. The summed E-state index contributed by atoms with van der Waals surface area (Å²) in [6.07, 6.45) is 1.09. The van der Waals surface area contributed by atoms with E-state index in [0.717, 1.165) is 11.6 Å². The summed E-state index contributed by atoms with van der Waals surface area (Å²) >= 11 is 5.26. The zero-order valence-electron chi connectivity index (χ0n) is 7.94. The van der Waals surface area contributed by atoms with Gasteiger partial charge in [0.05, 0.1) is 4.92 Å². The summed E-state index contributed by atoms with van der Waals surface area (Å²) in [4.78, 5) is 21.6. The molecule has 0 aromatic heterocycles. The molecule has 0 saturated heterocycles. The van der Waals surface area contributed by atoms with Crippen molar-refractivity contribution in [2.75, 3.05) is 0 Å². The van der Waals surface area contributed by atoms with Crippen LogP contribution >= 0.6 is 11.6 Å². The van der Waals surface area contributed by atoms with Gasteiger partial charge in [0.25, 0.3) is 5.69 Å². The lowest BCUT2D eigenvalue weighted by atomic mass is 10.0. The number of aryl methyl sites for hydroxylation is 1. The molecule has 0 bridgehead atoms. The molecular weight excluding hydrogens is 218 g/mol. The van der Waals surface area contributed by atoms with E-state index in [1.54, 1.807) is 13.0 Å². The zero-order valence-corrected chi connectivity index (χ0v) is 8.69. The van der Waals surface area contributed by atoms with Crippen LogP contribution in [-0.4, -0.2) is 10.7 Å². The molecule has 5 heteroatoms. The van der Waals surface area contributed by atoms with Crippen molar-refractivity contribution in [1.82, 2.24) is 0 Å². The predicted molar refractivity (Wildman–Crippen MR) is 57.2 cm³/mol. The third kappa shape index (κ3) is 2.41. The van der Waals surface area contributed by atoms with Crippen LogP contribution in [0.15, 0.2) is 29.8 Å². The minimum Gasteiger partial charge on any atom is -0.289 e. The molecule has 4 nitrogen and oxygen atoms in total. The Hall–Kier alpha value is -1.68. The summed E-state index contributed by atoms with van der Waals surface area (Å²) in [5.74, 6) is -0.463. The van der Waals surface area contributed by atoms with Crippen LogP contribution in [0.2, 0.25) is 0 Å². The molecular formula is C10H8ClNO3. The standard InChI is InChI=1S/C10H8ClNO3/c1-7-3-2-4-8(12(14)15)10(7)9(13)5-6-11/h2-6H,1H3/b6-5+. The normalized spacial score (nSPS) is 10.5. The summed E-state index contributed by atoms with van der Waals surface area (Å²) in [5.41, 5.74) is 1.48. The topological polar surface area (TPSA) is 60.2 Å². The van der Waals surface area contributed by atoms with E-state index in [2.05, 4.69) is 0 Å². The van der Waals surface area contributed by atoms with Gasteiger partial charge in [0.1, 0.15) is 5.56 Å². The Morgan fingerprint density at radius 3 is 2.73 bits per heavy atom. The first-order chi connectivity index (χ1) is 7.07. The molecule has 0 unspecified atom stereocenters. The number of halogens is 1. The molecule has 0 heterocycles. The van der Waals surface area contributed by atoms with Gasteiger partial charge in [-0.25, -0.2) is 0 Å². The molecule has 15 heavy (non-hydrogen) atoms. The summed E-state index contributed by atoms with van der Waals surface area (Å²) in [5, 5.41) is 10.7. The molecule has 78 valence electrons. The van der Waals surface area contributed by atoms with Crippen molar-refractivity contribution in [2.24, 2.45) is 0 Å². The number of benzene rings is 1. The van der Waals surface area contributed by atoms with Crippen LogP contribution in [0.3, 0.4) is 0 Å². The lowest BCUT2D eigenvalue weighted by Gasteiger charge is -2.02. The van der Waals surface area contributed by atoms with Crippen molar-refractivity contribution in [1.29, 1.82) is 0 Å². The Morgan fingerprint density at radius 1 is 1.53 bits per heavy atom. The Morgan fingerprint density at radius 2 is 2.20 bits per heavy atom. The number of ketones is 1. The fraction of sp³-hybridized carbons (Fsp3) is 0.100. The molecule has 0 atom stereocenters. The zero-order chi connectivity index (χ0) is 11.4. The first kappa shape index (κ1) is 11.4. The molecule has 0 fully saturated rings. The van der Waals surface area contributed by atoms with Gasteiger partial charge in [0.15, 0.2) is 5.78 Å². The van der Waals surface area contributed by atoms with E-state index < -0.39 is 10.7 Å². The Kier molecular flexibility index (Phi) is 3.57. The van der Waals surface area contributed by atoms with Gasteiger partial charge < -0.3 is 0 Å². The number of hydrogen-bond acceptors (Lipinski definition) is 3. The number of nitro groups is 1. The maximum atomic E-state index is 11.5. The lowest BCUT2D eigenvalue weighted by Crippen LogP contribution is -2.03. The first-order valence-electron chi connectivity index (χ1n) is 4.13. The number of nitro benzene ring substituents is 1. The van der Waals surface area contributed by atoms with Crippen LogP contribution < -0.4 is 0 Å². The number of carbonyl (C=O) groups excluding carboxylic acids is 1. The third-order valence-electron chi connectivity index (χ3n) is 1.91. The molecule has 0 saturated carbocycles. The molecule has 0 N–H and O–H groups in total. The highest BCUT2D eigenvalue weighted by Crippen LogP contribution is 2.22. The quantitative estimate of drug-likeness (QED) is 0.344. The summed E-state index contributed by atoms with van der Waals surface area (Å²) < 4.78 is 0. The van der Waals surface area contributed by atoms with Crippen LogP contribution in [0.4, 0.5) is 5.69 Å². The maximum absolute atomic E-state index is 11.5. The minimum absolute atomic E-state index is 0.0828. The van der Waals surface area contributed by atoms with E-state index in [9.17, 15) is 14.9 Å². The fourth-order valence-corrected chi connectivity index (χ4v) is 1.38. The summed E-state index contributed by atoms with van der Waals surface area (Å²) in [7, 11) is 0. The first-order valence-corrected chi connectivity index (χ1v) is 4.56. The van der Waals surface area contributed by atoms with Gasteiger partial charge in [-0.1, -0.05) is 23.7 Å². The number of rotatable bonds is 3. The molecule has 0 radical (unpaired) electrons. The second-order valence-corrected chi connectivity index (χ2v) is 3.14. The van der Waals surface area contributed by atoms with E-state index in [1.165, 1.54) is 12.1 Å². The number of nitrogens with zero attached hydrogens (tertiary/aromatic N) is 1. The Labute approximate surface area is 91.3 Å². The molecule has 1 aromatic rings. The average Bonchev–Trinajstić information content (AvgIpc) is 2.17. The van der Waals surface area contributed by atoms with Crippen LogP contribution in [0.25, 0.3) is 0 Å². The smallest absolute Gasteiger partial charge is 0.280 e. The molecule has 0 spiro atoms. The number of carbonyl (C=O) groups is 1. The van der Waals surface area contributed by atoms with Crippen molar-refractivity contribution in [2.45, 2.75) is 6.92 Å². The highest BCUT2D eigenvalue weighted by atomic mass is 35.5. The van der Waals surface area contributed by atoms with Gasteiger partial charge in [0, 0.05) is 11.6 Å². The molecule has 0 aliphatic rings. The van der Waals surface area contributed by atoms with Crippen molar-refractivity contribution < 1.29 is 9.72 Å². The van der Waals surface area contributed by atoms with Crippen LogP contribution in [0.5, 0.6) is 0 Å². The Bertz CT molecular complexity index is 440. The molecule has 1 aromatic carbocycles. The van der Waals surface area contributed by atoms with Gasteiger partial charge in [-0.3, -0.25) is 14.9 Å². The van der Waals surface area contributed by atoms with E-state index in [4.69, 9.17) is 11.6 Å². The van der Waals surface area contributed by atoms with Gasteiger partial charge >= 0.3 is 0 Å². The second kappa shape index (κ2) is 4.70. The monoisotopic (exact) mass is 225 g/mol. The van der Waals surface area contributed by atoms with Crippen molar-refractivity contribution in [3.63, 3.8) is 0 Å². The van der Waals surface area contributed by atoms with Crippen LogP contribution in [0.1, 0.15) is 15.9 Å². The molecule has 1 rings (SSSR count). The summed E-state index contributed by atoms with van der Waals surface area (Å²) in [6, 6.07) is 4.47. The SMILES string of the molecule is Cc1cccc([N+](=O)[O-])c1C(=O)/C=C/Cl. The lowest BCUT2D eigenvalue weighted by molar-refractivity contribution is -0.385. The van der Waals surface area contributed by atoms with Crippen molar-refractivity contribution in [3.05, 3.63) is 51.1 Å². The van der Waals surface area contributed by atoms with Gasteiger partial charge in [-0.15, -0.1) is 0 Å². The average molecular weight is 226 g/mol. The van der Waals surface area contributed by atoms with Crippen LogP contribution in [0, 0.1) is 17.0 Å². The van der Waals surface area contributed by atoms with Crippen molar-refractivity contribution >= 4 is 23.1 Å². The predicted octanol–water partition coefficient (Wildman–Crippen LogP) is 2.84. The number of allylic oxidation sites excluding steroid dienone is 1. The van der Waals surface area contributed by atoms with Gasteiger partial charge in [-0.2, -0.15) is 0 Å².